The van der Waals surface area contributed by atoms with Gasteiger partial charge in [-0.05, 0) is 19.1 Å². The van der Waals surface area contributed by atoms with Crippen LogP contribution in [0.5, 0.6) is 0 Å². The van der Waals surface area contributed by atoms with E-state index in [0.29, 0.717) is 16.5 Å². The second-order valence-corrected chi connectivity index (χ2v) is 3.97. The average molecular weight is 265 g/mol. The van der Waals surface area contributed by atoms with Gasteiger partial charge in [0.25, 0.3) is 5.69 Å². The smallest absolute Gasteiger partial charge is 0.292 e. The maximum absolute atomic E-state index is 10.9. The Hall–Kier alpha value is -2.21. The summed E-state index contributed by atoms with van der Waals surface area (Å²) in [6.07, 6.45) is 3.05. The number of nitrogens with one attached hydrogen (secondary N) is 1. The fraction of sp³-hybridized carbons (Fsp3) is 0.0909. The van der Waals surface area contributed by atoms with Crippen LogP contribution in [0.4, 0.5) is 17.2 Å². The van der Waals surface area contributed by atoms with Gasteiger partial charge in [0.2, 0.25) is 0 Å². The molecule has 1 heterocycles. The Kier molecular flexibility index (Phi) is 3.38. The Morgan fingerprint density at radius 2 is 2.06 bits per heavy atom. The molecule has 92 valence electrons. The molecule has 18 heavy (non-hydrogen) atoms. The van der Waals surface area contributed by atoms with Crippen LogP contribution in [0, 0.1) is 17.0 Å². The van der Waals surface area contributed by atoms with Gasteiger partial charge in [-0.1, -0.05) is 11.6 Å². The minimum Gasteiger partial charge on any atom is -0.333 e. The van der Waals surface area contributed by atoms with Crippen LogP contribution in [0.2, 0.25) is 5.02 Å². The number of anilines is 2. The van der Waals surface area contributed by atoms with Crippen molar-refractivity contribution >= 4 is 28.8 Å². The summed E-state index contributed by atoms with van der Waals surface area (Å²) in [5.41, 5.74) is 0.868. The van der Waals surface area contributed by atoms with Crippen LogP contribution >= 0.6 is 11.6 Å². The highest BCUT2D eigenvalue weighted by molar-refractivity contribution is 6.31. The summed E-state index contributed by atoms with van der Waals surface area (Å²) in [5, 5.41) is 14.2. The van der Waals surface area contributed by atoms with Crippen molar-refractivity contribution in [1.82, 2.24) is 9.97 Å². The Morgan fingerprint density at radius 3 is 2.72 bits per heavy atom. The summed E-state index contributed by atoms with van der Waals surface area (Å²) in [5.74, 6) is 0.461. The summed E-state index contributed by atoms with van der Waals surface area (Å²) in [4.78, 5) is 18.5. The molecular formula is C11H9ClN4O2. The van der Waals surface area contributed by atoms with Crippen LogP contribution in [0.3, 0.4) is 0 Å². The highest BCUT2D eigenvalue weighted by Crippen LogP contribution is 2.30. The Balaban J connectivity index is 2.42. The van der Waals surface area contributed by atoms with Crippen molar-refractivity contribution < 1.29 is 4.92 Å². The molecule has 0 saturated carbocycles. The van der Waals surface area contributed by atoms with Gasteiger partial charge in [0, 0.05) is 23.5 Å². The minimum atomic E-state index is -0.482. The molecule has 0 atom stereocenters. The topological polar surface area (TPSA) is 81.0 Å². The van der Waals surface area contributed by atoms with E-state index >= 15 is 0 Å². The number of rotatable bonds is 3. The maximum Gasteiger partial charge on any atom is 0.292 e. The van der Waals surface area contributed by atoms with E-state index in [1.165, 1.54) is 24.4 Å². The monoisotopic (exact) mass is 264 g/mol. The van der Waals surface area contributed by atoms with Crippen molar-refractivity contribution in [3.05, 3.63) is 51.4 Å². The molecule has 6 nitrogen and oxygen atoms in total. The Morgan fingerprint density at radius 1 is 1.33 bits per heavy atom. The van der Waals surface area contributed by atoms with Crippen molar-refractivity contribution in [3.63, 3.8) is 0 Å². The third kappa shape index (κ3) is 2.54. The van der Waals surface area contributed by atoms with Crippen molar-refractivity contribution in [1.29, 1.82) is 0 Å². The molecule has 0 bridgehead atoms. The lowest BCUT2D eigenvalue weighted by atomic mass is 10.2. The summed E-state index contributed by atoms with van der Waals surface area (Å²) in [7, 11) is 0. The number of aryl methyl sites for hydroxylation is 1. The molecule has 7 heteroatoms. The van der Waals surface area contributed by atoms with Crippen LogP contribution in [-0.4, -0.2) is 14.9 Å². The molecule has 0 aliphatic carbocycles. The molecule has 2 rings (SSSR count). The first-order valence-corrected chi connectivity index (χ1v) is 5.44. The number of halogens is 1. The third-order valence-electron chi connectivity index (χ3n) is 2.29. The number of nitrogens with zero attached hydrogens (tertiary/aromatic N) is 3. The molecule has 0 unspecified atom stereocenters. The lowest BCUT2D eigenvalue weighted by Gasteiger charge is -2.08. The van der Waals surface area contributed by atoms with E-state index in [-0.39, 0.29) is 11.4 Å². The number of nitro groups is 1. The van der Waals surface area contributed by atoms with Crippen molar-refractivity contribution in [2.75, 3.05) is 5.32 Å². The standard InChI is InChI=1S/C11H9ClN4O2/c1-7-11(14-5-4-13-7)15-9-6-8(12)2-3-10(9)16(17)18/h2-6H,1H3,(H,14,15). The van der Waals surface area contributed by atoms with Gasteiger partial charge in [-0.25, -0.2) is 4.98 Å². The van der Waals surface area contributed by atoms with Gasteiger partial charge in [-0.2, -0.15) is 0 Å². The van der Waals surface area contributed by atoms with Crippen LogP contribution in [0.15, 0.2) is 30.6 Å². The molecule has 0 spiro atoms. The van der Waals surface area contributed by atoms with Crippen LogP contribution in [-0.2, 0) is 0 Å². The molecule has 0 saturated heterocycles. The second kappa shape index (κ2) is 4.97. The number of hydrogen-bond acceptors (Lipinski definition) is 5. The maximum atomic E-state index is 10.9. The molecule has 1 aromatic carbocycles. The highest BCUT2D eigenvalue weighted by Gasteiger charge is 2.15. The molecule has 1 N–H and O–H groups in total. The normalized spacial score (nSPS) is 10.1. The summed E-state index contributed by atoms with van der Waals surface area (Å²) in [6.45, 7) is 1.76. The first-order chi connectivity index (χ1) is 8.58. The third-order valence-corrected chi connectivity index (χ3v) is 2.52. The molecule has 0 fully saturated rings. The van der Waals surface area contributed by atoms with E-state index in [9.17, 15) is 10.1 Å². The van der Waals surface area contributed by atoms with Crippen LogP contribution in [0.1, 0.15) is 5.69 Å². The van der Waals surface area contributed by atoms with Crippen LogP contribution < -0.4 is 5.32 Å². The average Bonchev–Trinajstić information content (AvgIpc) is 2.32. The number of aromatic nitrogens is 2. The number of benzene rings is 1. The fourth-order valence-electron chi connectivity index (χ4n) is 1.43. The minimum absolute atomic E-state index is 0.0653. The zero-order valence-electron chi connectivity index (χ0n) is 9.42. The van der Waals surface area contributed by atoms with Gasteiger partial charge in [0.05, 0.1) is 10.6 Å². The van der Waals surface area contributed by atoms with E-state index in [1.807, 2.05) is 0 Å². The Labute approximate surface area is 108 Å². The SMILES string of the molecule is Cc1nccnc1Nc1cc(Cl)ccc1[N+](=O)[O-]. The lowest BCUT2D eigenvalue weighted by Crippen LogP contribution is -2.01. The summed E-state index contributed by atoms with van der Waals surface area (Å²) < 4.78 is 0. The lowest BCUT2D eigenvalue weighted by molar-refractivity contribution is -0.383. The first-order valence-electron chi connectivity index (χ1n) is 5.06. The fourth-order valence-corrected chi connectivity index (χ4v) is 1.60. The molecule has 0 radical (unpaired) electrons. The van der Waals surface area contributed by atoms with Gasteiger partial charge in [-0.3, -0.25) is 15.1 Å². The highest BCUT2D eigenvalue weighted by atomic mass is 35.5. The first kappa shape index (κ1) is 12.3. The van der Waals surface area contributed by atoms with E-state index < -0.39 is 4.92 Å². The van der Waals surface area contributed by atoms with Gasteiger partial charge < -0.3 is 5.32 Å². The Bertz CT molecular complexity index is 603. The van der Waals surface area contributed by atoms with Crippen molar-refractivity contribution in [2.24, 2.45) is 0 Å². The van der Waals surface area contributed by atoms with E-state index in [1.54, 1.807) is 13.1 Å². The van der Waals surface area contributed by atoms with Gasteiger partial charge in [0.15, 0.2) is 5.82 Å². The molecule has 1 aromatic heterocycles. The second-order valence-electron chi connectivity index (χ2n) is 3.53. The largest absolute Gasteiger partial charge is 0.333 e. The van der Waals surface area contributed by atoms with E-state index in [2.05, 4.69) is 15.3 Å². The molecule has 0 aliphatic heterocycles. The van der Waals surface area contributed by atoms with Gasteiger partial charge in [-0.15, -0.1) is 0 Å². The summed E-state index contributed by atoms with van der Waals surface area (Å²) in [6, 6.07) is 4.29. The predicted molar refractivity (Wildman–Crippen MR) is 68.2 cm³/mol. The number of hydrogen-bond donors (Lipinski definition) is 1. The van der Waals surface area contributed by atoms with Gasteiger partial charge in [0.1, 0.15) is 5.69 Å². The van der Waals surface area contributed by atoms with E-state index in [0.717, 1.165) is 0 Å². The molecule has 0 aliphatic rings. The zero-order chi connectivity index (χ0) is 13.1. The quantitative estimate of drug-likeness (QED) is 0.680. The molecule has 0 amide bonds. The van der Waals surface area contributed by atoms with Crippen molar-refractivity contribution in [3.8, 4) is 0 Å². The molecular weight excluding hydrogens is 256 g/mol. The van der Waals surface area contributed by atoms with Crippen molar-refractivity contribution in [2.45, 2.75) is 6.92 Å². The zero-order valence-corrected chi connectivity index (χ0v) is 10.2. The predicted octanol–water partition coefficient (Wildman–Crippen LogP) is 3.09. The van der Waals surface area contributed by atoms with E-state index in [4.69, 9.17) is 11.6 Å². The summed E-state index contributed by atoms with van der Waals surface area (Å²) >= 11 is 5.83. The molecule has 2 aromatic rings. The van der Waals surface area contributed by atoms with Gasteiger partial charge >= 0.3 is 0 Å². The number of nitro benzene ring substituents is 1. The van der Waals surface area contributed by atoms with Crippen LogP contribution in [0.25, 0.3) is 0 Å².